The molecule has 0 aromatic heterocycles. The van der Waals surface area contributed by atoms with Gasteiger partial charge in [0.05, 0.1) is 5.69 Å². The number of nitrogens with one attached hydrogen (secondary N) is 1. The molecule has 0 aliphatic rings. The Kier molecular flexibility index (Phi) is 4.70. The molecule has 4 nitrogen and oxygen atoms in total. The molecule has 19 heavy (non-hydrogen) atoms. The van der Waals surface area contributed by atoms with E-state index in [9.17, 15) is 9.59 Å². The maximum Gasteiger partial charge on any atom is 0.412 e. The Morgan fingerprint density at radius 3 is 2.47 bits per heavy atom. The van der Waals surface area contributed by atoms with Crippen molar-refractivity contribution < 1.29 is 9.53 Å². The SMILES string of the molecule is CCc1cccc(NC(=O)OC(C)(C)C)c(C)c1=O. The molecule has 4 heteroatoms. The van der Waals surface area contributed by atoms with Crippen molar-refractivity contribution in [1.82, 2.24) is 0 Å². The van der Waals surface area contributed by atoms with Crippen LogP contribution in [0, 0.1) is 6.92 Å². The van der Waals surface area contributed by atoms with Crippen LogP contribution in [0.15, 0.2) is 23.0 Å². The van der Waals surface area contributed by atoms with Gasteiger partial charge >= 0.3 is 6.09 Å². The molecule has 0 aliphatic carbocycles. The lowest BCUT2D eigenvalue weighted by atomic mass is 10.1. The van der Waals surface area contributed by atoms with Gasteiger partial charge < -0.3 is 4.74 Å². The van der Waals surface area contributed by atoms with Crippen LogP contribution < -0.4 is 10.7 Å². The van der Waals surface area contributed by atoms with Crippen LogP contribution in [0.25, 0.3) is 0 Å². The molecule has 0 saturated heterocycles. The van der Waals surface area contributed by atoms with Crippen LogP contribution in [-0.4, -0.2) is 11.7 Å². The summed E-state index contributed by atoms with van der Waals surface area (Å²) in [4.78, 5) is 23.8. The van der Waals surface area contributed by atoms with Gasteiger partial charge in [0, 0.05) is 5.56 Å². The highest BCUT2D eigenvalue weighted by molar-refractivity contribution is 5.85. The average molecular weight is 263 g/mol. The van der Waals surface area contributed by atoms with E-state index in [1.54, 1.807) is 45.9 Å². The van der Waals surface area contributed by atoms with Gasteiger partial charge in [0.25, 0.3) is 0 Å². The van der Waals surface area contributed by atoms with Gasteiger partial charge in [-0.25, -0.2) is 4.79 Å². The fourth-order valence-electron chi connectivity index (χ4n) is 1.65. The van der Waals surface area contributed by atoms with E-state index in [0.717, 1.165) is 5.56 Å². The summed E-state index contributed by atoms with van der Waals surface area (Å²) in [6.45, 7) is 9.00. The minimum atomic E-state index is -0.566. The molecule has 1 amide bonds. The Labute approximate surface area is 113 Å². The van der Waals surface area contributed by atoms with Crippen molar-refractivity contribution in [2.24, 2.45) is 0 Å². The molecule has 1 N–H and O–H groups in total. The molecule has 0 radical (unpaired) electrons. The van der Waals surface area contributed by atoms with Crippen LogP contribution in [-0.2, 0) is 11.2 Å². The number of ether oxygens (including phenoxy) is 1. The molecule has 0 bridgehead atoms. The monoisotopic (exact) mass is 263 g/mol. The topological polar surface area (TPSA) is 55.4 Å². The number of amides is 1. The molecule has 0 aliphatic heterocycles. The summed E-state index contributed by atoms with van der Waals surface area (Å²) in [6, 6.07) is 5.25. The van der Waals surface area contributed by atoms with Gasteiger partial charge in [-0.15, -0.1) is 0 Å². The third-order valence-electron chi connectivity index (χ3n) is 2.61. The van der Waals surface area contributed by atoms with Gasteiger partial charge in [0.15, 0.2) is 5.43 Å². The quantitative estimate of drug-likeness (QED) is 0.891. The van der Waals surface area contributed by atoms with Crippen LogP contribution >= 0.6 is 0 Å². The lowest BCUT2D eigenvalue weighted by Crippen LogP contribution is -2.27. The Morgan fingerprint density at radius 2 is 1.95 bits per heavy atom. The molecule has 1 rings (SSSR count). The van der Waals surface area contributed by atoms with E-state index in [-0.39, 0.29) is 5.43 Å². The summed E-state index contributed by atoms with van der Waals surface area (Å²) in [6.07, 6.45) is 0.111. The number of carbonyl (C=O) groups excluding carboxylic acids is 1. The van der Waals surface area contributed by atoms with Crippen molar-refractivity contribution in [3.05, 3.63) is 39.5 Å². The van der Waals surface area contributed by atoms with Gasteiger partial charge in [-0.3, -0.25) is 10.1 Å². The third-order valence-corrected chi connectivity index (χ3v) is 2.61. The van der Waals surface area contributed by atoms with Gasteiger partial charge in [-0.05, 0) is 45.7 Å². The second-order valence-corrected chi connectivity index (χ2v) is 5.40. The van der Waals surface area contributed by atoms with E-state index in [1.165, 1.54) is 0 Å². The number of rotatable bonds is 2. The highest BCUT2D eigenvalue weighted by Gasteiger charge is 2.17. The van der Waals surface area contributed by atoms with Crippen LogP contribution in [0.1, 0.15) is 38.8 Å². The summed E-state index contributed by atoms with van der Waals surface area (Å²) in [7, 11) is 0. The zero-order valence-electron chi connectivity index (χ0n) is 12.2. The molecule has 104 valence electrons. The molecule has 0 fully saturated rings. The zero-order chi connectivity index (χ0) is 14.6. The van der Waals surface area contributed by atoms with E-state index in [4.69, 9.17) is 4.74 Å². The Bertz CT molecular complexity index is 530. The standard InChI is InChI=1S/C15H21NO3/c1-6-11-8-7-9-12(10(2)13(11)17)16-14(18)19-15(3,4)5/h7-9H,6H2,1-5H3,(H,16,18). The fraction of sp³-hybridized carbons (Fsp3) is 0.467. The minimum absolute atomic E-state index is 0.0430. The normalized spacial score (nSPS) is 11.0. The number of carbonyl (C=O) groups is 1. The van der Waals surface area contributed by atoms with Crippen molar-refractivity contribution in [2.75, 3.05) is 5.32 Å². The van der Waals surface area contributed by atoms with E-state index < -0.39 is 11.7 Å². The van der Waals surface area contributed by atoms with Gasteiger partial charge in [0.2, 0.25) is 0 Å². The average Bonchev–Trinajstić information content (AvgIpc) is 2.40. The van der Waals surface area contributed by atoms with Gasteiger partial charge in [0.1, 0.15) is 5.60 Å². The number of aryl methyl sites for hydroxylation is 1. The first-order valence-corrected chi connectivity index (χ1v) is 6.37. The second kappa shape index (κ2) is 5.87. The Morgan fingerprint density at radius 1 is 1.32 bits per heavy atom. The van der Waals surface area contributed by atoms with Gasteiger partial charge in [-0.1, -0.05) is 19.1 Å². The van der Waals surface area contributed by atoms with Crippen LogP contribution in [0.3, 0.4) is 0 Å². The van der Waals surface area contributed by atoms with Crippen molar-refractivity contribution in [3.63, 3.8) is 0 Å². The van der Waals surface area contributed by atoms with E-state index >= 15 is 0 Å². The molecule has 0 saturated carbocycles. The Balaban J connectivity index is 3.04. The summed E-state index contributed by atoms with van der Waals surface area (Å²) < 4.78 is 5.17. The molecule has 0 heterocycles. The molecule has 1 aromatic carbocycles. The molecule has 0 unspecified atom stereocenters. The lowest BCUT2D eigenvalue weighted by molar-refractivity contribution is 0.0636. The summed E-state index contributed by atoms with van der Waals surface area (Å²) in [5.74, 6) is 0. The summed E-state index contributed by atoms with van der Waals surface area (Å²) in [5, 5.41) is 2.62. The van der Waals surface area contributed by atoms with Crippen molar-refractivity contribution >= 4 is 11.8 Å². The van der Waals surface area contributed by atoms with Gasteiger partial charge in [-0.2, -0.15) is 0 Å². The third kappa shape index (κ3) is 4.39. The highest BCUT2D eigenvalue weighted by atomic mass is 16.6. The predicted octanol–water partition coefficient (Wildman–Crippen LogP) is 3.26. The van der Waals surface area contributed by atoms with Crippen molar-refractivity contribution in [1.29, 1.82) is 0 Å². The van der Waals surface area contributed by atoms with Crippen molar-refractivity contribution in [2.45, 2.75) is 46.6 Å². The number of hydrogen-bond donors (Lipinski definition) is 1. The lowest BCUT2D eigenvalue weighted by Gasteiger charge is -2.19. The van der Waals surface area contributed by atoms with E-state index in [1.807, 2.05) is 6.92 Å². The highest BCUT2D eigenvalue weighted by Crippen LogP contribution is 2.13. The maximum absolute atomic E-state index is 12.1. The fourth-order valence-corrected chi connectivity index (χ4v) is 1.65. The first-order valence-electron chi connectivity index (χ1n) is 6.37. The molecule has 1 aromatic rings. The summed E-state index contributed by atoms with van der Waals surface area (Å²) in [5.41, 5.74) is 1.13. The summed E-state index contributed by atoms with van der Waals surface area (Å²) >= 11 is 0. The second-order valence-electron chi connectivity index (χ2n) is 5.40. The first-order chi connectivity index (χ1) is 8.74. The largest absolute Gasteiger partial charge is 0.444 e. The Hall–Kier alpha value is -1.84. The van der Waals surface area contributed by atoms with Crippen molar-refractivity contribution in [3.8, 4) is 0 Å². The molecular formula is C15H21NO3. The zero-order valence-corrected chi connectivity index (χ0v) is 12.2. The van der Waals surface area contributed by atoms with Crippen LogP contribution in [0.2, 0.25) is 0 Å². The molecule has 0 atom stereocenters. The number of anilines is 1. The molecule has 0 spiro atoms. The van der Waals surface area contributed by atoms with E-state index in [2.05, 4.69) is 5.32 Å². The predicted molar refractivity (Wildman–Crippen MR) is 76.7 cm³/mol. The van der Waals surface area contributed by atoms with Crippen LogP contribution in [0.4, 0.5) is 10.5 Å². The maximum atomic E-state index is 12.1. The first kappa shape index (κ1) is 15.2. The minimum Gasteiger partial charge on any atom is -0.444 e. The number of hydrogen-bond acceptors (Lipinski definition) is 3. The molecular weight excluding hydrogens is 242 g/mol. The smallest absolute Gasteiger partial charge is 0.412 e. The van der Waals surface area contributed by atoms with Crippen LogP contribution in [0.5, 0.6) is 0 Å². The van der Waals surface area contributed by atoms with E-state index in [0.29, 0.717) is 17.7 Å².